The van der Waals surface area contributed by atoms with Crippen LogP contribution in [0.3, 0.4) is 0 Å². The van der Waals surface area contributed by atoms with Crippen LogP contribution < -0.4 is 15.8 Å². The molecule has 1 aromatic heterocycles. The van der Waals surface area contributed by atoms with Crippen LogP contribution in [0, 0.1) is 0 Å². The molecule has 0 fully saturated rings. The van der Waals surface area contributed by atoms with Crippen LogP contribution in [-0.2, 0) is 7.05 Å². The van der Waals surface area contributed by atoms with Crippen molar-refractivity contribution in [2.45, 2.75) is 0 Å². The van der Waals surface area contributed by atoms with Crippen molar-refractivity contribution in [2.75, 3.05) is 12.4 Å². The van der Waals surface area contributed by atoms with E-state index in [0.29, 0.717) is 22.7 Å². The number of nitrogens with zero attached hydrogens (tertiary/aromatic N) is 2. The van der Waals surface area contributed by atoms with Crippen LogP contribution in [0.1, 0.15) is 16.1 Å². The minimum Gasteiger partial charge on any atom is -0.495 e. The van der Waals surface area contributed by atoms with Gasteiger partial charge < -0.3 is 15.8 Å². The summed E-state index contributed by atoms with van der Waals surface area (Å²) in [4.78, 5) is 12.4. The van der Waals surface area contributed by atoms with Crippen molar-refractivity contribution in [1.82, 2.24) is 9.78 Å². The molecule has 0 saturated carbocycles. The first-order valence-electron chi connectivity index (χ1n) is 5.80. The number of benzene rings is 1. The number of hydrogen-bond donors (Lipinski definition) is 2. The lowest BCUT2D eigenvalue weighted by Crippen LogP contribution is -2.17. The first-order valence-corrected chi connectivity index (χ1v) is 6.21. The lowest BCUT2D eigenvalue weighted by Gasteiger charge is -2.11. The van der Waals surface area contributed by atoms with E-state index in [1.807, 2.05) is 0 Å². The van der Waals surface area contributed by atoms with Crippen molar-refractivity contribution < 1.29 is 9.53 Å². The normalized spacial score (nSPS) is 10.1. The predicted octanol–water partition coefficient (Wildman–Crippen LogP) is 1.32. The smallest absolute Gasteiger partial charge is 0.274 e. The van der Waals surface area contributed by atoms with Gasteiger partial charge in [0.2, 0.25) is 0 Å². The van der Waals surface area contributed by atoms with Crippen LogP contribution in [0.2, 0.25) is 0 Å². The fourth-order valence-electron chi connectivity index (χ4n) is 1.73. The molecule has 0 unspecified atom stereocenters. The van der Waals surface area contributed by atoms with Crippen LogP contribution in [0.25, 0.3) is 0 Å². The Kier molecular flexibility index (Phi) is 3.99. The number of aryl methyl sites for hydroxylation is 1. The molecule has 7 heteroatoms. The summed E-state index contributed by atoms with van der Waals surface area (Å²) < 4.78 is 6.72. The zero-order valence-corrected chi connectivity index (χ0v) is 11.9. The van der Waals surface area contributed by atoms with Crippen molar-refractivity contribution >= 4 is 28.8 Å². The zero-order valence-electron chi connectivity index (χ0n) is 11.1. The average Bonchev–Trinajstić information content (AvgIpc) is 2.85. The number of anilines is 1. The Hall–Kier alpha value is -2.41. The third-order valence-electron chi connectivity index (χ3n) is 2.79. The number of carbonyl (C=O) groups is 1. The average molecular weight is 290 g/mol. The molecule has 20 heavy (non-hydrogen) atoms. The number of aromatic nitrogens is 2. The van der Waals surface area contributed by atoms with E-state index in [0.717, 1.165) is 0 Å². The van der Waals surface area contributed by atoms with Gasteiger partial charge in [-0.1, -0.05) is 12.2 Å². The monoisotopic (exact) mass is 290 g/mol. The first kappa shape index (κ1) is 14.0. The largest absolute Gasteiger partial charge is 0.495 e. The van der Waals surface area contributed by atoms with Crippen LogP contribution in [0.5, 0.6) is 5.75 Å². The van der Waals surface area contributed by atoms with Gasteiger partial charge in [-0.15, -0.1) is 0 Å². The Morgan fingerprint density at radius 3 is 2.75 bits per heavy atom. The number of carbonyl (C=O) groups excluding carboxylic acids is 1. The van der Waals surface area contributed by atoms with Crippen molar-refractivity contribution in [3.63, 3.8) is 0 Å². The maximum absolute atomic E-state index is 12.1. The molecule has 104 valence electrons. The lowest BCUT2D eigenvalue weighted by molar-refractivity contribution is 0.101. The van der Waals surface area contributed by atoms with E-state index < -0.39 is 0 Å². The molecule has 3 N–H and O–H groups in total. The fourth-order valence-corrected chi connectivity index (χ4v) is 1.86. The summed E-state index contributed by atoms with van der Waals surface area (Å²) in [6.07, 6.45) is 1.56. The molecule has 0 atom stereocenters. The van der Waals surface area contributed by atoms with Gasteiger partial charge in [0, 0.05) is 18.8 Å². The minimum atomic E-state index is -0.272. The van der Waals surface area contributed by atoms with Crippen LogP contribution in [-0.4, -0.2) is 27.8 Å². The summed E-state index contributed by atoms with van der Waals surface area (Å²) in [5.74, 6) is 0.220. The molecule has 1 heterocycles. The van der Waals surface area contributed by atoms with Gasteiger partial charge >= 0.3 is 0 Å². The Balaban J connectivity index is 2.27. The molecule has 0 aliphatic carbocycles. The maximum Gasteiger partial charge on any atom is 0.274 e. The summed E-state index contributed by atoms with van der Waals surface area (Å²) in [6.45, 7) is 0. The maximum atomic E-state index is 12.1. The van der Waals surface area contributed by atoms with E-state index >= 15 is 0 Å². The zero-order chi connectivity index (χ0) is 14.7. The molecule has 6 nitrogen and oxygen atoms in total. The van der Waals surface area contributed by atoms with Crippen LogP contribution in [0.4, 0.5) is 5.69 Å². The molecule has 0 saturated heterocycles. The molecular formula is C13H14N4O2S. The molecule has 1 amide bonds. The van der Waals surface area contributed by atoms with E-state index in [2.05, 4.69) is 10.4 Å². The van der Waals surface area contributed by atoms with Crippen LogP contribution in [0.15, 0.2) is 30.5 Å². The third-order valence-corrected chi connectivity index (χ3v) is 3.02. The van der Waals surface area contributed by atoms with Gasteiger partial charge in [-0.2, -0.15) is 5.10 Å². The van der Waals surface area contributed by atoms with Gasteiger partial charge in [0.1, 0.15) is 16.4 Å². The second-order valence-electron chi connectivity index (χ2n) is 4.07. The number of nitrogens with two attached hydrogens (primary N) is 1. The Labute approximate surface area is 121 Å². The number of thiocarbonyl (C=S) groups is 1. The van der Waals surface area contributed by atoms with Gasteiger partial charge in [0.15, 0.2) is 0 Å². The van der Waals surface area contributed by atoms with Crippen molar-refractivity contribution in [1.29, 1.82) is 0 Å². The second-order valence-corrected chi connectivity index (χ2v) is 4.51. The molecule has 0 aliphatic heterocycles. The predicted molar refractivity (Wildman–Crippen MR) is 80.0 cm³/mol. The Morgan fingerprint density at radius 2 is 2.20 bits per heavy atom. The van der Waals surface area contributed by atoms with Gasteiger partial charge in [-0.3, -0.25) is 9.48 Å². The topological polar surface area (TPSA) is 82.2 Å². The van der Waals surface area contributed by atoms with E-state index in [4.69, 9.17) is 22.7 Å². The standard InChI is InChI=1S/C13H14N4O2S/c1-17-10(5-6-15-17)13(18)16-9-4-3-8(12(14)20)7-11(9)19-2/h3-7H,1-2H3,(H2,14,20)(H,16,18). The van der Waals surface area contributed by atoms with E-state index in [1.165, 1.54) is 11.8 Å². The molecule has 0 aliphatic rings. The first-order chi connectivity index (χ1) is 9.52. The molecule has 2 aromatic rings. The van der Waals surface area contributed by atoms with Crippen molar-refractivity contribution in [3.05, 3.63) is 41.7 Å². The third kappa shape index (κ3) is 2.77. The number of nitrogens with one attached hydrogen (secondary N) is 1. The molecule has 1 aromatic carbocycles. The fraction of sp³-hybridized carbons (Fsp3) is 0.154. The van der Waals surface area contributed by atoms with Crippen LogP contribution >= 0.6 is 12.2 Å². The number of rotatable bonds is 4. The van der Waals surface area contributed by atoms with Gasteiger partial charge in [-0.25, -0.2) is 0 Å². The molecule has 2 rings (SSSR count). The van der Waals surface area contributed by atoms with Crippen molar-refractivity contribution in [2.24, 2.45) is 12.8 Å². The highest BCUT2D eigenvalue weighted by Crippen LogP contribution is 2.26. The van der Waals surface area contributed by atoms with E-state index in [1.54, 1.807) is 37.5 Å². The summed E-state index contributed by atoms with van der Waals surface area (Å²) in [5, 5.41) is 6.71. The SMILES string of the molecule is COc1cc(C(N)=S)ccc1NC(=O)c1ccnn1C. The molecule has 0 spiro atoms. The molecule has 0 bridgehead atoms. The molecule has 0 radical (unpaired) electrons. The van der Waals surface area contributed by atoms with Gasteiger partial charge in [-0.05, 0) is 24.3 Å². The summed E-state index contributed by atoms with van der Waals surface area (Å²) in [5.41, 5.74) is 7.23. The minimum absolute atomic E-state index is 0.271. The highest BCUT2D eigenvalue weighted by Gasteiger charge is 2.13. The number of hydrogen-bond acceptors (Lipinski definition) is 4. The number of ether oxygens (including phenoxy) is 1. The van der Waals surface area contributed by atoms with Gasteiger partial charge in [0.05, 0.1) is 12.8 Å². The van der Waals surface area contributed by atoms with Gasteiger partial charge in [0.25, 0.3) is 5.91 Å². The Bertz CT molecular complexity index is 666. The number of amides is 1. The molecular weight excluding hydrogens is 276 g/mol. The summed E-state index contributed by atoms with van der Waals surface area (Å²) >= 11 is 4.91. The quantitative estimate of drug-likeness (QED) is 0.830. The lowest BCUT2D eigenvalue weighted by atomic mass is 10.2. The van der Waals surface area contributed by atoms with Crippen molar-refractivity contribution in [3.8, 4) is 5.75 Å². The summed E-state index contributed by atoms with van der Waals surface area (Å²) in [7, 11) is 3.21. The van der Waals surface area contributed by atoms with E-state index in [-0.39, 0.29) is 10.9 Å². The van der Waals surface area contributed by atoms with E-state index in [9.17, 15) is 4.79 Å². The number of methoxy groups -OCH3 is 1. The highest BCUT2D eigenvalue weighted by molar-refractivity contribution is 7.80. The second kappa shape index (κ2) is 5.70. The summed E-state index contributed by atoms with van der Waals surface area (Å²) in [6, 6.07) is 6.73. The Morgan fingerprint density at radius 1 is 1.45 bits per heavy atom. The highest BCUT2D eigenvalue weighted by atomic mass is 32.1.